The zero-order valence-corrected chi connectivity index (χ0v) is 22.1. The molecule has 0 spiro atoms. The summed E-state index contributed by atoms with van der Waals surface area (Å²) in [5, 5.41) is 17.7. The van der Waals surface area contributed by atoms with Crippen LogP contribution in [0.1, 0.15) is 60.3 Å². The number of ether oxygens (including phenoxy) is 3. The normalized spacial score (nSPS) is 17.9. The molecule has 0 amide bonds. The highest BCUT2D eigenvalue weighted by Crippen LogP contribution is 2.33. The molecule has 0 radical (unpaired) electrons. The zero-order chi connectivity index (χ0) is 25.4. The number of methoxy groups -OCH3 is 2. The van der Waals surface area contributed by atoms with Gasteiger partial charge in [-0.1, -0.05) is 0 Å². The Hall–Kier alpha value is -0.940. The van der Waals surface area contributed by atoms with Crippen LogP contribution >= 0.6 is 0 Å². The Morgan fingerprint density at radius 2 is 1.42 bits per heavy atom. The second-order valence-electron chi connectivity index (χ2n) is 9.23. The number of unbranched alkanes of at least 4 members (excludes halogenated alkanes) is 1. The minimum atomic E-state index is -1.73. The van der Waals surface area contributed by atoms with E-state index in [1.807, 2.05) is 13.8 Å². The molecule has 0 aliphatic heterocycles. The van der Waals surface area contributed by atoms with E-state index in [2.05, 4.69) is 10.6 Å². The molecular formula is C24H50N4O5. The number of Topliss-reactive ketones (excluding diaryl/α,β-unsaturated/α-hetero) is 1. The van der Waals surface area contributed by atoms with Crippen molar-refractivity contribution in [2.24, 2.45) is 10.7 Å². The smallest absolute Gasteiger partial charge is 0.164 e. The third-order valence-corrected chi connectivity index (χ3v) is 6.15. The average Bonchev–Trinajstić information content (AvgIpc) is 2.74. The van der Waals surface area contributed by atoms with Gasteiger partial charge in [0.1, 0.15) is 11.2 Å². The van der Waals surface area contributed by atoms with Gasteiger partial charge in [-0.2, -0.15) is 0 Å². The van der Waals surface area contributed by atoms with E-state index in [4.69, 9.17) is 24.9 Å². The lowest BCUT2D eigenvalue weighted by molar-refractivity contribution is -0.226. The van der Waals surface area contributed by atoms with E-state index in [0.29, 0.717) is 6.54 Å². The molecule has 0 saturated heterocycles. The Morgan fingerprint density at radius 1 is 0.909 bits per heavy atom. The predicted octanol–water partition coefficient (Wildman–Crippen LogP) is 1.31. The first kappa shape index (κ1) is 32.1. The maximum atomic E-state index is 12.1. The topological polar surface area (TPSA) is 127 Å². The molecule has 0 bridgehead atoms. The second-order valence-corrected chi connectivity index (χ2v) is 9.23. The number of aliphatic imine (C=N–C) groups is 1. The molecule has 1 unspecified atom stereocenters. The van der Waals surface area contributed by atoms with Crippen molar-refractivity contribution in [2.45, 2.75) is 77.1 Å². The summed E-state index contributed by atoms with van der Waals surface area (Å²) in [7, 11) is 3.10. The lowest BCUT2D eigenvalue weighted by Crippen LogP contribution is -2.63. The van der Waals surface area contributed by atoms with Crippen molar-refractivity contribution < 1.29 is 24.1 Å². The van der Waals surface area contributed by atoms with Crippen molar-refractivity contribution in [1.29, 1.82) is 0 Å². The number of nitrogens with zero attached hydrogens (tertiary/aromatic N) is 1. The molecule has 0 saturated carbocycles. The summed E-state index contributed by atoms with van der Waals surface area (Å²) in [4.78, 5) is 16.8. The van der Waals surface area contributed by atoms with E-state index in [1.165, 1.54) is 21.0 Å². The molecule has 0 aromatic rings. The molecule has 0 heterocycles. The number of hydrogen-bond acceptors (Lipinski definition) is 9. The van der Waals surface area contributed by atoms with Gasteiger partial charge in [-0.25, -0.2) is 0 Å². The summed E-state index contributed by atoms with van der Waals surface area (Å²) in [6.45, 7) is 13.8. The van der Waals surface area contributed by atoms with Crippen LogP contribution < -0.4 is 16.4 Å². The number of ketones is 1. The Bertz CT molecular complexity index is 573. The maximum absolute atomic E-state index is 12.1. The largest absolute Gasteiger partial charge is 0.382 e. The summed E-state index contributed by atoms with van der Waals surface area (Å²) in [5.41, 5.74) is 2.28. The number of aliphatic hydroxyl groups is 1. The van der Waals surface area contributed by atoms with E-state index < -0.39 is 22.6 Å². The fourth-order valence-corrected chi connectivity index (χ4v) is 3.49. The van der Waals surface area contributed by atoms with E-state index in [9.17, 15) is 9.90 Å². The van der Waals surface area contributed by atoms with Crippen LogP contribution in [0.4, 0.5) is 0 Å². The average molecular weight is 475 g/mol. The van der Waals surface area contributed by atoms with Crippen LogP contribution in [0.15, 0.2) is 4.99 Å². The molecule has 0 fully saturated rings. The molecular weight excluding hydrogens is 424 g/mol. The quantitative estimate of drug-likeness (QED) is 0.145. The fourth-order valence-electron chi connectivity index (χ4n) is 3.49. The first-order valence-electron chi connectivity index (χ1n) is 12.0. The summed E-state index contributed by atoms with van der Waals surface area (Å²) < 4.78 is 17.1. The third kappa shape index (κ3) is 11.4. The van der Waals surface area contributed by atoms with Crippen molar-refractivity contribution in [1.82, 2.24) is 10.6 Å². The Morgan fingerprint density at radius 3 is 1.91 bits per heavy atom. The van der Waals surface area contributed by atoms with Crippen LogP contribution in [-0.2, 0) is 19.0 Å². The fraction of sp³-hybridized carbons (Fsp3) is 0.917. The molecule has 33 heavy (non-hydrogen) atoms. The Labute approximate surface area is 201 Å². The number of rotatable bonds is 21. The molecule has 9 nitrogen and oxygen atoms in total. The number of nitrogens with two attached hydrogens (primary N) is 1. The summed E-state index contributed by atoms with van der Waals surface area (Å²) >= 11 is 0. The SMILES string of the molecule is COCC(C)(O[C@](C)(COC)C(C)=NCCCNCCCCNCCCN)[C@](C)(O)C(C)=O. The molecule has 0 rings (SSSR count). The standard InChI is InChI=1S/C24H50N4O5/c1-20(28-17-11-16-27-14-9-8-13-26-15-10-12-25)22(3,18-31-6)33-23(4,19-32-7)24(5,30)21(2)29/h26-27,30H,8-19,25H2,1-7H3/t22-,23?,24-/m1/s1. The number of hydrogen-bond donors (Lipinski definition) is 4. The molecule has 0 aromatic carbocycles. The van der Waals surface area contributed by atoms with Gasteiger partial charge in [0.25, 0.3) is 0 Å². The van der Waals surface area contributed by atoms with Gasteiger partial charge >= 0.3 is 0 Å². The van der Waals surface area contributed by atoms with Gasteiger partial charge in [0.15, 0.2) is 11.4 Å². The van der Waals surface area contributed by atoms with Gasteiger partial charge in [-0.15, -0.1) is 0 Å². The highest BCUT2D eigenvalue weighted by Gasteiger charge is 2.52. The van der Waals surface area contributed by atoms with Gasteiger partial charge in [-0.05, 0) is 93.0 Å². The Balaban J connectivity index is 4.73. The zero-order valence-electron chi connectivity index (χ0n) is 22.1. The molecule has 196 valence electrons. The van der Waals surface area contributed by atoms with E-state index in [1.54, 1.807) is 14.0 Å². The van der Waals surface area contributed by atoms with Gasteiger partial charge in [0.2, 0.25) is 0 Å². The van der Waals surface area contributed by atoms with Crippen LogP contribution in [0.25, 0.3) is 0 Å². The summed E-state index contributed by atoms with van der Waals surface area (Å²) in [6, 6.07) is 0. The molecule has 3 atom stereocenters. The van der Waals surface area contributed by atoms with E-state index in [0.717, 1.165) is 64.1 Å². The van der Waals surface area contributed by atoms with Gasteiger partial charge < -0.3 is 35.7 Å². The van der Waals surface area contributed by atoms with Crippen molar-refractivity contribution >= 4 is 11.5 Å². The lowest BCUT2D eigenvalue weighted by atomic mass is 9.82. The molecule has 0 aliphatic carbocycles. The van der Waals surface area contributed by atoms with Crippen molar-refractivity contribution in [3.63, 3.8) is 0 Å². The van der Waals surface area contributed by atoms with Crippen LogP contribution in [-0.4, -0.2) is 100 Å². The molecule has 5 N–H and O–H groups in total. The summed E-state index contributed by atoms with van der Waals surface area (Å²) in [6.07, 6.45) is 4.20. The number of carbonyl (C=O) groups excluding carboxylic acids is 1. The summed E-state index contributed by atoms with van der Waals surface area (Å²) in [5.74, 6) is -0.395. The Kier molecular flexibility index (Phi) is 16.2. The monoisotopic (exact) mass is 474 g/mol. The van der Waals surface area contributed by atoms with Crippen LogP contribution in [0.3, 0.4) is 0 Å². The predicted molar refractivity (Wildman–Crippen MR) is 134 cm³/mol. The van der Waals surface area contributed by atoms with Crippen molar-refractivity contribution in [3.8, 4) is 0 Å². The first-order chi connectivity index (χ1) is 15.5. The van der Waals surface area contributed by atoms with E-state index >= 15 is 0 Å². The van der Waals surface area contributed by atoms with Gasteiger partial charge in [0.05, 0.1) is 13.2 Å². The van der Waals surface area contributed by atoms with Crippen LogP contribution in [0.2, 0.25) is 0 Å². The van der Waals surface area contributed by atoms with E-state index in [-0.39, 0.29) is 13.2 Å². The molecule has 9 heteroatoms. The lowest BCUT2D eigenvalue weighted by Gasteiger charge is -2.46. The van der Waals surface area contributed by atoms with Crippen LogP contribution in [0, 0.1) is 0 Å². The third-order valence-electron chi connectivity index (χ3n) is 6.15. The molecule has 0 aliphatic rings. The number of nitrogens with one attached hydrogen (secondary N) is 2. The van der Waals surface area contributed by atoms with Gasteiger partial charge in [0, 0.05) is 26.5 Å². The highest BCUT2D eigenvalue weighted by molar-refractivity contribution is 5.90. The van der Waals surface area contributed by atoms with Gasteiger partial charge in [-0.3, -0.25) is 9.79 Å². The maximum Gasteiger partial charge on any atom is 0.164 e. The van der Waals surface area contributed by atoms with Crippen LogP contribution in [0.5, 0.6) is 0 Å². The minimum absolute atomic E-state index is 0.0403. The minimum Gasteiger partial charge on any atom is -0.382 e. The van der Waals surface area contributed by atoms with Crippen molar-refractivity contribution in [3.05, 3.63) is 0 Å². The van der Waals surface area contributed by atoms with Crippen molar-refractivity contribution in [2.75, 3.05) is 66.7 Å². The molecule has 0 aromatic heterocycles. The second kappa shape index (κ2) is 16.6. The highest BCUT2D eigenvalue weighted by atomic mass is 16.6. The number of carbonyl (C=O) groups is 1. The first-order valence-corrected chi connectivity index (χ1v) is 12.0.